The Kier molecular flexibility index (Phi) is 5.85. The third kappa shape index (κ3) is 4.24. The smallest absolute Gasteiger partial charge is 0.146 e. The van der Waals surface area contributed by atoms with Crippen molar-refractivity contribution in [3.05, 3.63) is 51.6 Å². The van der Waals surface area contributed by atoms with Gasteiger partial charge in [-0.25, -0.2) is 0 Å². The topological polar surface area (TPSA) is 35.2 Å². The van der Waals surface area contributed by atoms with Crippen LogP contribution in [0.3, 0.4) is 0 Å². The van der Waals surface area contributed by atoms with E-state index in [2.05, 4.69) is 79.9 Å². The maximum absolute atomic E-state index is 5.97. The molecule has 0 fully saturated rings. The van der Waals surface area contributed by atoms with E-state index in [4.69, 9.17) is 22.1 Å². The first-order valence-corrected chi connectivity index (χ1v) is 8.90. The molecule has 0 radical (unpaired) electrons. The summed E-state index contributed by atoms with van der Waals surface area (Å²) >= 11 is 12.8. The number of halogens is 4. The van der Waals surface area contributed by atoms with Gasteiger partial charge in [0.1, 0.15) is 12.4 Å². The monoisotopic (exact) mass is 611 g/mol. The van der Waals surface area contributed by atoms with Crippen LogP contribution < -0.4 is 10.5 Å². The number of nitrogen functional groups attached to an aromatic ring is 1. The second kappa shape index (κ2) is 6.99. The van der Waals surface area contributed by atoms with Crippen LogP contribution in [-0.2, 0) is 6.61 Å². The number of rotatable bonds is 3. The van der Waals surface area contributed by atoms with Crippen molar-refractivity contribution < 1.29 is 4.74 Å². The van der Waals surface area contributed by atoms with Gasteiger partial charge < -0.3 is 10.5 Å². The fourth-order valence-electron chi connectivity index (χ4n) is 1.52. The van der Waals surface area contributed by atoms with Crippen molar-refractivity contribution in [1.29, 1.82) is 0 Å². The summed E-state index contributed by atoms with van der Waals surface area (Å²) in [5.41, 5.74) is 7.51. The molecule has 0 unspecified atom stereocenters. The molecule has 2 aromatic carbocycles. The van der Waals surface area contributed by atoms with Crippen LogP contribution in [0.15, 0.2) is 30.3 Å². The molecule has 0 aromatic heterocycles. The molecular formula is C13H9ClI3NO. The average Bonchev–Trinajstić information content (AvgIpc) is 2.32. The highest BCUT2D eigenvalue weighted by atomic mass is 127. The van der Waals surface area contributed by atoms with Crippen LogP contribution in [0.5, 0.6) is 5.75 Å². The predicted octanol–water partition coefficient (Wildman–Crippen LogP) is 5.32. The average molecular weight is 611 g/mol. The molecule has 0 bridgehead atoms. The van der Waals surface area contributed by atoms with Crippen LogP contribution >= 0.6 is 79.4 Å². The van der Waals surface area contributed by atoms with Gasteiger partial charge in [-0.05, 0) is 98.1 Å². The zero-order chi connectivity index (χ0) is 14.0. The molecule has 0 amide bonds. The quantitative estimate of drug-likeness (QED) is 0.377. The minimum Gasteiger partial charge on any atom is -0.487 e. The predicted molar refractivity (Wildman–Crippen MR) is 105 cm³/mol. The van der Waals surface area contributed by atoms with E-state index >= 15 is 0 Å². The molecule has 6 heteroatoms. The molecule has 19 heavy (non-hydrogen) atoms. The van der Waals surface area contributed by atoms with Gasteiger partial charge in [0.25, 0.3) is 0 Å². The Morgan fingerprint density at radius 3 is 2.32 bits per heavy atom. The lowest BCUT2D eigenvalue weighted by Crippen LogP contribution is -2.02. The van der Waals surface area contributed by atoms with Gasteiger partial charge in [0.2, 0.25) is 0 Å². The summed E-state index contributed by atoms with van der Waals surface area (Å²) in [6, 6.07) is 9.58. The number of ether oxygens (including phenoxy) is 1. The summed E-state index contributed by atoms with van der Waals surface area (Å²) in [7, 11) is 0. The van der Waals surface area contributed by atoms with E-state index in [9.17, 15) is 0 Å². The summed E-state index contributed by atoms with van der Waals surface area (Å²) in [6.07, 6.45) is 0. The molecule has 0 atom stereocenters. The maximum Gasteiger partial charge on any atom is 0.146 e. The SMILES string of the molecule is Nc1ccc(Cl)cc1COc1c(I)cc(I)cc1I. The number of nitrogens with two attached hydrogens (primary N) is 1. The minimum atomic E-state index is 0.416. The maximum atomic E-state index is 5.97. The van der Waals surface area contributed by atoms with Gasteiger partial charge in [0.15, 0.2) is 0 Å². The van der Waals surface area contributed by atoms with Gasteiger partial charge in [0.05, 0.1) is 7.14 Å². The number of anilines is 1. The van der Waals surface area contributed by atoms with E-state index in [0.717, 1.165) is 18.5 Å². The van der Waals surface area contributed by atoms with Crippen molar-refractivity contribution in [1.82, 2.24) is 0 Å². The first-order chi connectivity index (χ1) is 8.97. The third-order valence-electron chi connectivity index (χ3n) is 2.44. The van der Waals surface area contributed by atoms with Crippen LogP contribution in [0.2, 0.25) is 5.02 Å². The van der Waals surface area contributed by atoms with Gasteiger partial charge >= 0.3 is 0 Å². The number of hydrogen-bond acceptors (Lipinski definition) is 2. The minimum absolute atomic E-state index is 0.416. The highest BCUT2D eigenvalue weighted by Crippen LogP contribution is 2.30. The van der Waals surface area contributed by atoms with Crippen molar-refractivity contribution >= 4 is 85.1 Å². The Hall–Kier alpha value is 0.520. The molecule has 0 aliphatic heterocycles. The third-order valence-corrected chi connectivity index (χ3v) is 4.90. The molecule has 0 aliphatic rings. The van der Waals surface area contributed by atoms with Gasteiger partial charge in [-0.3, -0.25) is 0 Å². The standard InChI is InChI=1S/C13H9ClI3NO/c14-8-1-2-12(18)7(3-8)6-19-13-10(16)4-9(15)5-11(13)17/h1-5H,6,18H2. The van der Waals surface area contributed by atoms with Gasteiger partial charge in [-0.1, -0.05) is 11.6 Å². The van der Waals surface area contributed by atoms with E-state index in [0.29, 0.717) is 17.3 Å². The molecule has 0 saturated carbocycles. The molecule has 2 aromatic rings. The summed E-state index contributed by atoms with van der Waals surface area (Å²) in [5.74, 6) is 0.890. The second-order valence-corrected chi connectivity index (χ2v) is 7.84. The van der Waals surface area contributed by atoms with Gasteiger partial charge in [0, 0.05) is 19.8 Å². The Labute approximate surface area is 157 Å². The van der Waals surface area contributed by atoms with E-state index in [1.165, 1.54) is 3.57 Å². The lowest BCUT2D eigenvalue weighted by molar-refractivity contribution is 0.302. The Morgan fingerprint density at radius 1 is 1.05 bits per heavy atom. The van der Waals surface area contributed by atoms with Crippen molar-refractivity contribution in [2.75, 3.05) is 5.73 Å². The molecule has 0 heterocycles. The van der Waals surface area contributed by atoms with Crippen molar-refractivity contribution in [3.63, 3.8) is 0 Å². The largest absolute Gasteiger partial charge is 0.487 e. The van der Waals surface area contributed by atoms with Crippen molar-refractivity contribution in [2.24, 2.45) is 0 Å². The zero-order valence-electron chi connectivity index (χ0n) is 9.59. The zero-order valence-corrected chi connectivity index (χ0v) is 16.8. The molecule has 0 spiro atoms. The fraction of sp³-hybridized carbons (Fsp3) is 0.0769. The van der Waals surface area contributed by atoms with Crippen molar-refractivity contribution in [2.45, 2.75) is 6.61 Å². The van der Waals surface area contributed by atoms with E-state index in [1.807, 2.05) is 6.07 Å². The van der Waals surface area contributed by atoms with Crippen molar-refractivity contribution in [3.8, 4) is 5.75 Å². The molecule has 0 aliphatic carbocycles. The first-order valence-electron chi connectivity index (χ1n) is 5.28. The molecular weight excluding hydrogens is 602 g/mol. The van der Waals surface area contributed by atoms with E-state index in [-0.39, 0.29) is 0 Å². The van der Waals surface area contributed by atoms with Crippen LogP contribution in [0, 0.1) is 10.7 Å². The highest BCUT2D eigenvalue weighted by molar-refractivity contribution is 14.1. The molecule has 2 nitrogen and oxygen atoms in total. The first kappa shape index (κ1) is 15.9. The van der Waals surface area contributed by atoms with Crippen LogP contribution in [0.25, 0.3) is 0 Å². The summed E-state index contributed by atoms with van der Waals surface area (Å²) in [4.78, 5) is 0. The molecule has 100 valence electrons. The summed E-state index contributed by atoms with van der Waals surface area (Å²) < 4.78 is 9.27. The molecule has 2 rings (SSSR count). The number of benzene rings is 2. The van der Waals surface area contributed by atoms with Crippen LogP contribution in [-0.4, -0.2) is 0 Å². The normalized spacial score (nSPS) is 10.5. The lowest BCUT2D eigenvalue weighted by atomic mass is 10.2. The Bertz CT molecular complexity index is 596. The van der Waals surface area contributed by atoms with Crippen LogP contribution in [0.1, 0.15) is 5.56 Å². The Balaban J connectivity index is 2.21. The van der Waals surface area contributed by atoms with Gasteiger partial charge in [-0.15, -0.1) is 0 Å². The van der Waals surface area contributed by atoms with Crippen LogP contribution in [0.4, 0.5) is 5.69 Å². The Morgan fingerprint density at radius 2 is 1.68 bits per heavy atom. The molecule has 0 saturated heterocycles. The van der Waals surface area contributed by atoms with E-state index in [1.54, 1.807) is 12.1 Å². The van der Waals surface area contributed by atoms with Gasteiger partial charge in [-0.2, -0.15) is 0 Å². The van der Waals surface area contributed by atoms with E-state index < -0.39 is 0 Å². The molecule has 2 N–H and O–H groups in total. The summed E-state index contributed by atoms with van der Waals surface area (Å²) in [6.45, 7) is 0.416. The number of hydrogen-bond donors (Lipinski definition) is 1. The fourth-order valence-corrected chi connectivity index (χ4v) is 5.60. The highest BCUT2D eigenvalue weighted by Gasteiger charge is 2.09. The summed E-state index contributed by atoms with van der Waals surface area (Å²) in [5, 5.41) is 0.666. The second-order valence-electron chi connectivity index (χ2n) is 3.83. The lowest BCUT2D eigenvalue weighted by Gasteiger charge is -2.12.